The number of hydrogen-bond acceptors (Lipinski definition) is 3. The Morgan fingerprint density at radius 2 is 1.89 bits per heavy atom. The maximum atomic E-state index is 12.2. The number of nitrogens with one attached hydrogen (secondary N) is 1. The van der Waals surface area contributed by atoms with Gasteiger partial charge in [0, 0.05) is 6.54 Å². The molecular formula is C14H18N2O3. The minimum atomic E-state index is -0.832. The van der Waals surface area contributed by atoms with Gasteiger partial charge >= 0.3 is 0 Å². The number of methoxy groups -OCH3 is 1. The molecule has 19 heavy (non-hydrogen) atoms. The molecule has 1 N–H and O–H groups in total. The third kappa shape index (κ3) is 2.86. The average Bonchev–Trinajstić information content (AvgIpc) is 2.36. The molecule has 0 bridgehead atoms. The van der Waals surface area contributed by atoms with Gasteiger partial charge in [0.25, 0.3) is 0 Å². The van der Waals surface area contributed by atoms with Gasteiger partial charge in [-0.05, 0) is 31.5 Å². The van der Waals surface area contributed by atoms with Crippen molar-refractivity contribution in [2.75, 3.05) is 13.7 Å². The molecule has 1 saturated heterocycles. The third-order valence-corrected chi connectivity index (χ3v) is 3.14. The van der Waals surface area contributed by atoms with Crippen molar-refractivity contribution in [2.24, 2.45) is 0 Å². The molecule has 1 aliphatic heterocycles. The Morgan fingerprint density at radius 1 is 1.26 bits per heavy atom. The second-order valence-electron chi connectivity index (χ2n) is 5.18. The van der Waals surface area contributed by atoms with Crippen LogP contribution in [0.3, 0.4) is 0 Å². The smallest absolute Gasteiger partial charge is 0.248 e. The molecule has 1 aromatic rings. The number of carbonyl (C=O) groups is 2. The van der Waals surface area contributed by atoms with Crippen molar-refractivity contribution >= 4 is 11.8 Å². The van der Waals surface area contributed by atoms with Crippen LogP contribution in [0.1, 0.15) is 19.4 Å². The van der Waals surface area contributed by atoms with Crippen LogP contribution in [0.4, 0.5) is 0 Å². The summed E-state index contributed by atoms with van der Waals surface area (Å²) < 4.78 is 5.09. The van der Waals surface area contributed by atoms with Gasteiger partial charge in [-0.2, -0.15) is 0 Å². The second-order valence-corrected chi connectivity index (χ2v) is 5.18. The number of carbonyl (C=O) groups excluding carboxylic acids is 2. The van der Waals surface area contributed by atoms with Crippen LogP contribution in [-0.2, 0) is 16.1 Å². The van der Waals surface area contributed by atoms with Crippen molar-refractivity contribution in [2.45, 2.75) is 25.9 Å². The van der Waals surface area contributed by atoms with Crippen LogP contribution in [0.2, 0.25) is 0 Å². The van der Waals surface area contributed by atoms with E-state index in [1.165, 1.54) is 0 Å². The van der Waals surface area contributed by atoms with Crippen LogP contribution in [0.15, 0.2) is 24.3 Å². The minimum Gasteiger partial charge on any atom is -0.497 e. The van der Waals surface area contributed by atoms with Gasteiger partial charge in [-0.15, -0.1) is 0 Å². The standard InChI is InChI=1S/C14H18N2O3/c1-14(2)13(18)16(9-12(17)15-14)8-10-4-6-11(19-3)7-5-10/h4-7H,8-9H2,1-3H3,(H,15,17). The molecule has 0 aromatic heterocycles. The fraction of sp³-hybridized carbons (Fsp3) is 0.429. The fourth-order valence-corrected chi connectivity index (χ4v) is 2.16. The van der Waals surface area contributed by atoms with E-state index >= 15 is 0 Å². The summed E-state index contributed by atoms with van der Waals surface area (Å²) in [5, 5.41) is 2.69. The van der Waals surface area contributed by atoms with E-state index in [1.807, 2.05) is 24.3 Å². The average molecular weight is 262 g/mol. The number of piperazine rings is 1. The monoisotopic (exact) mass is 262 g/mol. The van der Waals surface area contributed by atoms with Crippen LogP contribution in [0.25, 0.3) is 0 Å². The molecule has 0 unspecified atom stereocenters. The first-order chi connectivity index (χ1) is 8.92. The Kier molecular flexibility index (Phi) is 3.46. The zero-order valence-electron chi connectivity index (χ0n) is 11.4. The number of rotatable bonds is 3. The second kappa shape index (κ2) is 4.91. The van der Waals surface area contributed by atoms with E-state index in [4.69, 9.17) is 4.74 Å². The Labute approximate surface area is 112 Å². The molecule has 0 atom stereocenters. The van der Waals surface area contributed by atoms with Gasteiger partial charge in [0.15, 0.2) is 0 Å². The van der Waals surface area contributed by atoms with Crippen molar-refractivity contribution in [1.82, 2.24) is 10.2 Å². The lowest BCUT2D eigenvalue weighted by Crippen LogP contribution is -2.63. The van der Waals surface area contributed by atoms with Gasteiger partial charge in [-0.25, -0.2) is 0 Å². The Balaban J connectivity index is 2.12. The molecule has 0 aliphatic carbocycles. The van der Waals surface area contributed by atoms with E-state index in [0.29, 0.717) is 6.54 Å². The Bertz CT molecular complexity index is 494. The Hall–Kier alpha value is -2.04. The minimum absolute atomic E-state index is 0.0667. The van der Waals surface area contributed by atoms with Crippen molar-refractivity contribution in [3.05, 3.63) is 29.8 Å². The molecule has 1 aromatic carbocycles. The van der Waals surface area contributed by atoms with E-state index in [2.05, 4.69) is 5.32 Å². The van der Waals surface area contributed by atoms with Gasteiger partial charge < -0.3 is 15.0 Å². The predicted molar refractivity (Wildman–Crippen MR) is 70.6 cm³/mol. The van der Waals surface area contributed by atoms with Gasteiger partial charge in [0.05, 0.1) is 13.7 Å². The van der Waals surface area contributed by atoms with Crippen molar-refractivity contribution < 1.29 is 14.3 Å². The van der Waals surface area contributed by atoms with Gasteiger partial charge in [0.1, 0.15) is 11.3 Å². The first kappa shape index (κ1) is 13.4. The summed E-state index contributed by atoms with van der Waals surface area (Å²) in [6, 6.07) is 7.47. The highest BCUT2D eigenvalue weighted by molar-refractivity contribution is 5.97. The molecule has 102 valence electrons. The van der Waals surface area contributed by atoms with Crippen molar-refractivity contribution in [3.8, 4) is 5.75 Å². The summed E-state index contributed by atoms with van der Waals surface area (Å²) in [6.07, 6.45) is 0. The van der Waals surface area contributed by atoms with Crippen LogP contribution in [0, 0.1) is 0 Å². The third-order valence-electron chi connectivity index (χ3n) is 3.14. The quantitative estimate of drug-likeness (QED) is 0.881. The summed E-state index contributed by atoms with van der Waals surface area (Å²) in [4.78, 5) is 25.4. The van der Waals surface area contributed by atoms with Gasteiger partial charge in [-0.1, -0.05) is 12.1 Å². The summed E-state index contributed by atoms with van der Waals surface area (Å²) in [7, 11) is 1.61. The predicted octanol–water partition coefficient (Wildman–Crippen LogP) is 0.932. The van der Waals surface area contributed by atoms with Crippen molar-refractivity contribution in [3.63, 3.8) is 0 Å². The van der Waals surface area contributed by atoms with Crippen LogP contribution in [-0.4, -0.2) is 35.9 Å². The molecule has 0 radical (unpaired) electrons. The van der Waals surface area contributed by atoms with Crippen LogP contribution >= 0.6 is 0 Å². The molecule has 0 spiro atoms. The maximum absolute atomic E-state index is 12.2. The number of nitrogens with zero attached hydrogens (tertiary/aromatic N) is 1. The number of ether oxygens (including phenoxy) is 1. The zero-order valence-corrected chi connectivity index (χ0v) is 11.4. The van der Waals surface area contributed by atoms with E-state index in [0.717, 1.165) is 11.3 Å². The molecule has 0 saturated carbocycles. The van der Waals surface area contributed by atoms with Crippen LogP contribution < -0.4 is 10.1 Å². The van der Waals surface area contributed by atoms with Crippen molar-refractivity contribution in [1.29, 1.82) is 0 Å². The molecule has 5 heteroatoms. The summed E-state index contributed by atoms with van der Waals surface area (Å²) in [6.45, 7) is 3.97. The van der Waals surface area contributed by atoms with E-state index < -0.39 is 5.54 Å². The highest BCUT2D eigenvalue weighted by Crippen LogP contribution is 2.18. The van der Waals surface area contributed by atoms with Crippen LogP contribution in [0.5, 0.6) is 5.75 Å². The normalized spacial score (nSPS) is 18.2. The topological polar surface area (TPSA) is 58.6 Å². The lowest BCUT2D eigenvalue weighted by molar-refractivity contribution is -0.148. The SMILES string of the molecule is COc1ccc(CN2CC(=O)NC(C)(C)C2=O)cc1. The zero-order chi connectivity index (χ0) is 14.0. The fourth-order valence-electron chi connectivity index (χ4n) is 2.16. The lowest BCUT2D eigenvalue weighted by Gasteiger charge is -2.37. The van der Waals surface area contributed by atoms with Gasteiger partial charge in [-0.3, -0.25) is 9.59 Å². The summed E-state index contributed by atoms with van der Waals surface area (Å²) >= 11 is 0. The molecule has 2 rings (SSSR count). The largest absolute Gasteiger partial charge is 0.497 e. The van der Waals surface area contributed by atoms with E-state index in [9.17, 15) is 9.59 Å². The highest BCUT2D eigenvalue weighted by atomic mass is 16.5. The first-order valence-electron chi connectivity index (χ1n) is 6.16. The number of amides is 2. The van der Waals surface area contributed by atoms with E-state index in [-0.39, 0.29) is 18.4 Å². The Morgan fingerprint density at radius 3 is 2.47 bits per heavy atom. The molecular weight excluding hydrogens is 244 g/mol. The molecule has 1 heterocycles. The molecule has 1 fully saturated rings. The van der Waals surface area contributed by atoms with Gasteiger partial charge in [0.2, 0.25) is 11.8 Å². The first-order valence-corrected chi connectivity index (χ1v) is 6.16. The summed E-state index contributed by atoms with van der Waals surface area (Å²) in [5.41, 5.74) is 0.140. The number of hydrogen-bond donors (Lipinski definition) is 1. The number of benzene rings is 1. The highest BCUT2D eigenvalue weighted by Gasteiger charge is 2.38. The summed E-state index contributed by atoms with van der Waals surface area (Å²) in [5.74, 6) is 0.577. The molecule has 5 nitrogen and oxygen atoms in total. The lowest BCUT2D eigenvalue weighted by atomic mass is 10.00. The van der Waals surface area contributed by atoms with E-state index in [1.54, 1.807) is 25.9 Å². The molecule has 2 amide bonds. The maximum Gasteiger partial charge on any atom is 0.248 e. The molecule has 1 aliphatic rings.